The van der Waals surface area contributed by atoms with Gasteiger partial charge in [0, 0.05) is 20.6 Å². The summed E-state index contributed by atoms with van der Waals surface area (Å²) in [5.41, 5.74) is 0.231. The molecule has 0 spiro atoms. The third kappa shape index (κ3) is 8.78. The number of benzene rings is 1. The number of aromatic nitrogens is 2. The SMILES string of the molecule is CCCCc1ncc(C(OC)OCCOC)n1C(c1ccc(C(C(=O)OC(C)(C)C)C2CCCC2)cc1)C(F)(F)F. The number of hydrogen-bond acceptors (Lipinski definition) is 6. The zero-order valence-corrected chi connectivity index (χ0v) is 25.1. The van der Waals surface area contributed by atoms with Gasteiger partial charge in [-0.15, -0.1) is 0 Å². The van der Waals surface area contributed by atoms with Gasteiger partial charge in [0.25, 0.3) is 0 Å². The number of hydrogen-bond donors (Lipinski definition) is 0. The average molecular weight is 583 g/mol. The van der Waals surface area contributed by atoms with Gasteiger partial charge in [-0.2, -0.15) is 13.2 Å². The van der Waals surface area contributed by atoms with Gasteiger partial charge in [0.2, 0.25) is 6.29 Å². The molecular formula is C31H45F3N2O5. The van der Waals surface area contributed by atoms with Crippen molar-refractivity contribution < 1.29 is 36.9 Å². The van der Waals surface area contributed by atoms with E-state index in [0.29, 0.717) is 24.2 Å². The molecule has 3 unspecified atom stereocenters. The Balaban J connectivity index is 2.05. The lowest BCUT2D eigenvalue weighted by atomic mass is 9.84. The minimum atomic E-state index is -4.64. The zero-order valence-electron chi connectivity index (χ0n) is 25.1. The van der Waals surface area contributed by atoms with E-state index < -0.39 is 30.0 Å². The first-order valence-electron chi connectivity index (χ1n) is 14.5. The number of carbonyl (C=O) groups is 1. The highest BCUT2D eigenvalue weighted by atomic mass is 19.4. The molecule has 1 aromatic heterocycles. The van der Waals surface area contributed by atoms with Crippen LogP contribution in [0.15, 0.2) is 30.5 Å². The van der Waals surface area contributed by atoms with Gasteiger partial charge in [0.1, 0.15) is 11.4 Å². The molecule has 3 rings (SSSR count). The standard InChI is InChI=1S/C31H45F3N2O5/c1-7-8-13-25-35-20-24(29(39-6)40-19-18-38-5)36(25)27(31(32,33)34)23-16-14-22(15-17-23)26(21-11-9-10-12-21)28(37)41-30(2,3)4/h14-17,20-21,26-27,29H,7-13,18-19H2,1-6H3. The number of alkyl halides is 3. The van der Waals surface area contributed by atoms with Gasteiger partial charge in [0.15, 0.2) is 6.04 Å². The molecule has 10 heteroatoms. The third-order valence-electron chi connectivity index (χ3n) is 7.38. The first-order valence-corrected chi connectivity index (χ1v) is 14.5. The number of halogens is 3. The number of carbonyl (C=O) groups excluding carboxylic acids is 1. The maximum atomic E-state index is 14.9. The second kappa shape index (κ2) is 14.6. The van der Waals surface area contributed by atoms with Gasteiger partial charge >= 0.3 is 12.1 Å². The molecule has 230 valence electrons. The third-order valence-corrected chi connectivity index (χ3v) is 7.38. The highest BCUT2D eigenvalue weighted by Gasteiger charge is 2.45. The van der Waals surface area contributed by atoms with E-state index in [4.69, 9.17) is 18.9 Å². The van der Waals surface area contributed by atoms with Crippen LogP contribution in [0.2, 0.25) is 0 Å². The molecule has 3 atom stereocenters. The molecule has 1 heterocycles. The number of nitrogens with zero attached hydrogens (tertiary/aromatic N) is 2. The van der Waals surface area contributed by atoms with Crippen molar-refractivity contribution in [2.45, 2.75) is 103 Å². The Kier molecular flexibility index (Phi) is 11.8. The van der Waals surface area contributed by atoms with E-state index in [2.05, 4.69) is 4.98 Å². The topological polar surface area (TPSA) is 71.8 Å². The molecular weight excluding hydrogens is 537 g/mol. The van der Waals surface area contributed by atoms with E-state index in [-0.39, 0.29) is 36.4 Å². The molecule has 1 aliphatic carbocycles. The van der Waals surface area contributed by atoms with E-state index in [9.17, 15) is 18.0 Å². The largest absolute Gasteiger partial charge is 0.459 e. The monoisotopic (exact) mass is 582 g/mol. The fourth-order valence-electron chi connectivity index (χ4n) is 5.55. The number of ether oxygens (including phenoxy) is 4. The summed E-state index contributed by atoms with van der Waals surface area (Å²) in [5.74, 6) is -0.449. The Morgan fingerprint density at radius 3 is 2.22 bits per heavy atom. The van der Waals surface area contributed by atoms with E-state index in [1.165, 1.54) is 37.1 Å². The van der Waals surface area contributed by atoms with Gasteiger partial charge in [-0.3, -0.25) is 4.79 Å². The second-order valence-electron chi connectivity index (χ2n) is 11.7. The lowest BCUT2D eigenvalue weighted by molar-refractivity contribution is -0.166. The molecule has 0 radical (unpaired) electrons. The molecule has 1 aromatic carbocycles. The van der Waals surface area contributed by atoms with E-state index in [1.54, 1.807) is 12.1 Å². The van der Waals surface area contributed by atoms with Crippen LogP contribution in [-0.2, 0) is 30.2 Å². The van der Waals surface area contributed by atoms with Crippen LogP contribution in [0.25, 0.3) is 0 Å². The molecule has 0 bridgehead atoms. The lowest BCUT2D eigenvalue weighted by Gasteiger charge is -2.29. The Morgan fingerprint density at radius 1 is 1.05 bits per heavy atom. The molecule has 7 nitrogen and oxygen atoms in total. The van der Waals surface area contributed by atoms with Crippen LogP contribution in [0, 0.1) is 5.92 Å². The summed E-state index contributed by atoms with van der Waals surface area (Å²) in [7, 11) is 2.90. The van der Waals surface area contributed by atoms with E-state index in [0.717, 1.165) is 32.1 Å². The van der Waals surface area contributed by atoms with E-state index >= 15 is 0 Å². The quantitative estimate of drug-likeness (QED) is 0.132. The normalized spacial score (nSPS) is 17.0. The number of rotatable bonds is 14. The van der Waals surface area contributed by atoms with Gasteiger partial charge < -0.3 is 23.5 Å². The van der Waals surface area contributed by atoms with Gasteiger partial charge in [0.05, 0.1) is 31.0 Å². The van der Waals surface area contributed by atoms with Crippen LogP contribution in [0.3, 0.4) is 0 Å². The smallest absolute Gasteiger partial charge is 0.413 e. The van der Waals surface area contributed by atoms with Gasteiger partial charge in [-0.05, 0) is 57.1 Å². The minimum absolute atomic E-state index is 0.0411. The molecule has 1 aliphatic rings. The highest BCUT2D eigenvalue weighted by Crippen LogP contribution is 2.42. The Morgan fingerprint density at radius 2 is 1.68 bits per heavy atom. The van der Waals surface area contributed by atoms with Gasteiger partial charge in [-0.1, -0.05) is 50.5 Å². The zero-order chi connectivity index (χ0) is 30.2. The van der Waals surface area contributed by atoms with Crippen LogP contribution in [0.4, 0.5) is 13.2 Å². The van der Waals surface area contributed by atoms with Crippen LogP contribution in [0.5, 0.6) is 0 Å². The first kappa shape index (κ1) is 33.1. The molecule has 1 fully saturated rings. The predicted octanol–water partition coefficient (Wildman–Crippen LogP) is 7.30. The Hall–Kier alpha value is -2.43. The van der Waals surface area contributed by atoms with Crippen molar-refractivity contribution in [3.63, 3.8) is 0 Å². The Labute approximate surface area is 241 Å². The molecule has 1 saturated carbocycles. The van der Waals surface area contributed by atoms with Crippen molar-refractivity contribution in [2.24, 2.45) is 5.92 Å². The number of imidazole rings is 1. The maximum Gasteiger partial charge on any atom is 0.413 e. The number of esters is 1. The summed E-state index contributed by atoms with van der Waals surface area (Å²) in [6.07, 6.45) is 1.38. The predicted molar refractivity (Wildman–Crippen MR) is 150 cm³/mol. The number of aryl methyl sites for hydroxylation is 1. The minimum Gasteiger partial charge on any atom is -0.459 e. The van der Waals surface area contributed by atoms with Crippen molar-refractivity contribution in [3.05, 3.63) is 53.1 Å². The second-order valence-corrected chi connectivity index (χ2v) is 11.7. The average Bonchev–Trinajstić information content (AvgIpc) is 3.56. The van der Waals surface area contributed by atoms with Crippen LogP contribution >= 0.6 is 0 Å². The number of unbranched alkanes of at least 4 members (excludes halogenated alkanes) is 1. The lowest BCUT2D eigenvalue weighted by Crippen LogP contribution is -2.32. The molecule has 2 aromatic rings. The molecule has 0 N–H and O–H groups in total. The van der Waals surface area contributed by atoms with Crippen molar-refractivity contribution in [1.29, 1.82) is 0 Å². The fourth-order valence-corrected chi connectivity index (χ4v) is 5.55. The van der Waals surface area contributed by atoms with Crippen LogP contribution < -0.4 is 0 Å². The molecule has 41 heavy (non-hydrogen) atoms. The van der Waals surface area contributed by atoms with Crippen LogP contribution in [-0.4, -0.2) is 54.7 Å². The summed E-state index contributed by atoms with van der Waals surface area (Å²) in [5, 5.41) is 0. The highest BCUT2D eigenvalue weighted by molar-refractivity contribution is 5.79. The summed E-state index contributed by atoms with van der Waals surface area (Å²) in [6, 6.07) is 4.22. The Bertz CT molecular complexity index is 1090. The van der Waals surface area contributed by atoms with Gasteiger partial charge in [-0.25, -0.2) is 4.98 Å². The van der Waals surface area contributed by atoms with Crippen molar-refractivity contribution in [2.75, 3.05) is 27.4 Å². The van der Waals surface area contributed by atoms with Crippen LogP contribution in [0.1, 0.15) is 107 Å². The van der Waals surface area contributed by atoms with Crippen molar-refractivity contribution in [1.82, 2.24) is 9.55 Å². The maximum absolute atomic E-state index is 14.9. The molecule has 0 aliphatic heterocycles. The summed E-state index contributed by atoms with van der Waals surface area (Å²) >= 11 is 0. The summed E-state index contributed by atoms with van der Waals surface area (Å²) < 4.78 is 67.9. The first-order chi connectivity index (χ1) is 19.4. The molecule has 0 saturated heterocycles. The number of methoxy groups -OCH3 is 2. The van der Waals surface area contributed by atoms with Crippen molar-refractivity contribution >= 4 is 5.97 Å². The van der Waals surface area contributed by atoms with E-state index in [1.807, 2.05) is 27.7 Å². The fraction of sp³-hybridized carbons (Fsp3) is 0.677. The summed E-state index contributed by atoms with van der Waals surface area (Å²) in [4.78, 5) is 17.6. The summed E-state index contributed by atoms with van der Waals surface area (Å²) in [6.45, 7) is 7.84. The molecule has 0 amide bonds. The van der Waals surface area contributed by atoms with Crippen molar-refractivity contribution in [3.8, 4) is 0 Å².